The van der Waals surface area contributed by atoms with E-state index in [0.717, 1.165) is 19.3 Å². The monoisotopic (exact) mass is 436 g/mol. The lowest BCUT2D eigenvalue weighted by Gasteiger charge is -2.42. The molecule has 0 radical (unpaired) electrons. The Balaban J connectivity index is 1.77. The van der Waals surface area contributed by atoms with Crippen LogP contribution in [-0.4, -0.2) is 41.0 Å². The van der Waals surface area contributed by atoms with Gasteiger partial charge in [-0.05, 0) is 76.5 Å². The second-order valence-corrected chi connectivity index (χ2v) is 9.73. The van der Waals surface area contributed by atoms with Crippen molar-refractivity contribution in [2.45, 2.75) is 103 Å². The molecule has 5 nitrogen and oxygen atoms in total. The quantitative estimate of drug-likeness (QED) is 0.554. The fourth-order valence-electron chi connectivity index (χ4n) is 5.08. The number of alkyl halides is 3. The second kappa shape index (κ2) is 9.98. The van der Waals surface area contributed by atoms with Gasteiger partial charge in [0.15, 0.2) is 5.60 Å². The van der Waals surface area contributed by atoms with E-state index >= 15 is 0 Å². The largest absolute Gasteiger partial charge is 0.522 e. The molecule has 0 aromatic carbocycles. The number of carbonyl (C=O) groups excluding carboxylic acids is 1. The molecule has 0 aromatic rings. The summed E-state index contributed by atoms with van der Waals surface area (Å²) in [6.07, 6.45) is -1.15. The predicted octanol–water partition coefficient (Wildman–Crippen LogP) is 5.36. The first kappa shape index (κ1) is 25.1. The summed E-state index contributed by atoms with van der Waals surface area (Å²) in [6, 6.07) is 0. The van der Waals surface area contributed by atoms with Gasteiger partial charge in [-0.1, -0.05) is 13.8 Å². The van der Waals surface area contributed by atoms with Gasteiger partial charge in [0.05, 0.1) is 12.2 Å². The van der Waals surface area contributed by atoms with Crippen molar-refractivity contribution in [1.82, 2.24) is 0 Å². The Morgan fingerprint density at radius 3 is 1.97 bits per heavy atom. The first-order valence-corrected chi connectivity index (χ1v) is 11.0. The van der Waals surface area contributed by atoms with Gasteiger partial charge in [0.1, 0.15) is 5.78 Å². The van der Waals surface area contributed by atoms with Gasteiger partial charge < -0.3 is 9.84 Å². The number of hydrogen-bond donors (Lipinski definition) is 1. The number of hydrogen-bond acceptors (Lipinski definition) is 4. The lowest BCUT2D eigenvalue weighted by atomic mass is 9.72. The fraction of sp³-hybridized carbons (Fsp3) is 0.909. The molecule has 2 fully saturated rings. The molecular formula is C22H35F3O5. The molecule has 2 rings (SSSR count). The molecular weight excluding hydrogens is 401 g/mol. The number of halogens is 3. The SMILES string of the molecule is CC1CC(CCC(=O)C2CCC(OC(F)(F)F)CC2)CC(C)C1OC(C)(C)C(=O)O. The summed E-state index contributed by atoms with van der Waals surface area (Å²) in [5.41, 5.74) is -1.23. The number of Topliss-reactive ketones (excluding diaryl/α,β-unsaturated/α-hetero) is 1. The van der Waals surface area contributed by atoms with E-state index in [1.54, 1.807) is 13.8 Å². The summed E-state index contributed by atoms with van der Waals surface area (Å²) >= 11 is 0. The minimum atomic E-state index is -4.61. The van der Waals surface area contributed by atoms with Crippen LogP contribution in [0.5, 0.6) is 0 Å². The van der Waals surface area contributed by atoms with Crippen LogP contribution in [0.15, 0.2) is 0 Å². The zero-order chi connectivity index (χ0) is 22.7. The Bertz CT molecular complexity index is 584. The van der Waals surface area contributed by atoms with Crippen molar-refractivity contribution < 1.29 is 37.3 Å². The van der Waals surface area contributed by atoms with Crippen LogP contribution in [0.25, 0.3) is 0 Å². The number of carboxylic acids is 1. The molecule has 2 aliphatic rings. The maximum Gasteiger partial charge on any atom is 0.522 e. The highest BCUT2D eigenvalue weighted by molar-refractivity contribution is 5.81. The Kier molecular flexibility index (Phi) is 8.36. The maximum absolute atomic E-state index is 12.6. The standard InChI is InChI=1S/C22H35F3O5/c1-13-11-15(12-14(2)19(13)30-21(3,4)20(27)28)5-10-18(26)16-6-8-17(9-7-16)29-22(23,24)25/h13-17,19H,5-12H2,1-4H3,(H,27,28). The third-order valence-electron chi connectivity index (χ3n) is 6.71. The second-order valence-electron chi connectivity index (χ2n) is 9.73. The van der Waals surface area contributed by atoms with E-state index in [4.69, 9.17) is 4.74 Å². The lowest BCUT2D eigenvalue weighted by Crippen LogP contribution is -2.45. The molecule has 0 heterocycles. The third-order valence-corrected chi connectivity index (χ3v) is 6.71. The molecule has 30 heavy (non-hydrogen) atoms. The molecule has 0 aromatic heterocycles. The zero-order valence-electron chi connectivity index (χ0n) is 18.3. The van der Waals surface area contributed by atoms with Crippen LogP contribution in [0.1, 0.15) is 79.1 Å². The Morgan fingerprint density at radius 2 is 1.50 bits per heavy atom. The molecule has 2 atom stereocenters. The van der Waals surface area contributed by atoms with Gasteiger partial charge in [-0.25, -0.2) is 4.79 Å². The summed E-state index contributed by atoms with van der Waals surface area (Å²) in [5, 5.41) is 9.31. The molecule has 2 saturated carbocycles. The molecule has 2 aliphatic carbocycles. The summed E-state index contributed by atoms with van der Waals surface area (Å²) < 4.78 is 47.0. The molecule has 174 valence electrons. The molecule has 2 unspecified atom stereocenters. The average molecular weight is 437 g/mol. The lowest BCUT2D eigenvalue weighted by molar-refractivity contribution is -0.345. The van der Waals surface area contributed by atoms with Crippen molar-refractivity contribution in [2.75, 3.05) is 0 Å². The maximum atomic E-state index is 12.6. The summed E-state index contributed by atoms with van der Waals surface area (Å²) in [7, 11) is 0. The van der Waals surface area contributed by atoms with E-state index in [-0.39, 0.29) is 42.5 Å². The smallest absolute Gasteiger partial charge is 0.479 e. The van der Waals surface area contributed by atoms with Crippen molar-refractivity contribution >= 4 is 11.8 Å². The zero-order valence-corrected chi connectivity index (χ0v) is 18.3. The Labute approximate surface area is 176 Å². The Hall–Kier alpha value is -1.15. The van der Waals surface area contributed by atoms with E-state index in [9.17, 15) is 27.9 Å². The highest BCUT2D eigenvalue weighted by Crippen LogP contribution is 2.40. The molecule has 1 N–H and O–H groups in total. The van der Waals surface area contributed by atoms with Gasteiger partial charge in [-0.2, -0.15) is 0 Å². The van der Waals surface area contributed by atoms with E-state index in [0.29, 0.717) is 25.2 Å². The van der Waals surface area contributed by atoms with Gasteiger partial charge in [-0.15, -0.1) is 13.2 Å². The third kappa shape index (κ3) is 7.22. The van der Waals surface area contributed by atoms with Crippen molar-refractivity contribution in [3.8, 4) is 0 Å². The van der Waals surface area contributed by atoms with Crippen molar-refractivity contribution in [3.63, 3.8) is 0 Å². The van der Waals surface area contributed by atoms with Crippen LogP contribution in [0, 0.1) is 23.7 Å². The minimum Gasteiger partial charge on any atom is -0.479 e. The molecule has 0 spiro atoms. The fourth-order valence-corrected chi connectivity index (χ4v) is 5.08. The summed E-state index contributed by atoms with van der Waals surface area (Å²) in [4.78, 5) is 23.9. The van der Waals surface area contributed by atoms with Crippen LogP contribution < -0.4 is 0 Å². The highest BCUT2D eigenvalue weighted by atomic mass is 19.4. The van der Waals surface area contributed by atoms with Gasteiger partial charge in [0, 0.05) is 12.3 Å². The first-order valence-electron chi connectivity index (χ1n) is 11.0. The van der Waals surface area contributed by atoms with E-state index in [1.165, 1.54) is 0 Å². The van der Waals surface area contributed by atoms with Crippen LogP contribution in [0.3, 0.4) is 0 Å². The number of ether oxygens (including phenoxy) is 2. The normalized spacial score (nSPS) is 33.3. The van der Waals surface area contributed by atoms with Gasteiger partial charge in [0.25, 0.3) is 0 Å². The van der Waals surface area contributed by atoms with Gasteiger partial charge in [-0.3, -0.25) is 9.53 Å². The molecule has 0 saturated heterocycles. The minimum absolute atomic E-state index is 0.132. The van der Waals surface area contributed by atoms with Gasteiger partial charge >= 0.3 is 12.3 Å². The molecule has 8 heteroatoms. The first-order chi connectivity index (χ1) is 13.8. The average Bonchev–Trinajstić information content (AvgIpc) is 2.62. The van der Waals surface area contributed by atoms with Crippen LogP contribution in [0.2, 0.25) is 0 Å². The van der Waals surface area contributed by atoms with Crippen molar-refractivity contribution in [3.05, 3.63) is 0 Å². The van der Waals surface area contributed by atoms with Crippen LogP contribution >= 0.6 is 0 Å². The molecule has 0 aliphatic heterocycles. The highest BCUT2D eigenvalue weighted by Gasteiger charge is 2.40. The number of aliphatic carboxylic acids is 1. The predicted molar refractivity (Wildman–Crippen MR) is 105 cm³/mol. The van der Waals surface area contributed by atoms with Crippen LogP contribution in [0.4, 0.5) is 13.2 Å². The van der Waals surface area contributed by atoms with Crippen molar-refractivity contribution in [2.24, 2.45) is 23.7 Å². The molecule has 0 bridgehead atoms. The summed E-state index contributed by atoms with van der Waals surface area (Å²) in [5.74, 6) is -0.235. The topological polar surface area (TPSA) is 72.8 Å². The number of carbonyl (C=O) groups is 2. The Morgan fingerprint density at radius 1 is 0.967 bits per heavy atom. The van der Waals surface area contributed by atoms with E-state index < -0.39 is 24.0 Å². The van der Waals surface area contributed by atoms with E-state index in [1.807, 2.05) is 0 Å². The van der Waals surface area contributed by atoms with Crippen molar-refractivity contribution in [1.29, 1.82) is 0 Å². The van der Waals surface area contributed by atoms with Crippen LogP contribution in [-0.2, 0) is 19.1 Å². The van der Waals surface area contributed by atoms with Gasteiger partial charge in [0.2, 0.25) is 0 Å². The molecule has 0 amide bonds. The van der Waals surface area contributed by atoms with E-state index in [2.05, 4.69) is 18.6 Å². The number of ketones is 1. The number of carboxylic acid groups (broad SMARTS) is 1. The number of rotatable bonds is 8. The summed E-state index contributed by atoms with van der Waals surface area (Å²) in [6.45, 7) is 7.26.